The van der Waals surface area contributed by atoms with E-state index in [1.165, 1.54) is 11.8 Å². The zero-order chi connectivity index (χ0) is 30.1. The number of fused-ring (bicyclic) bond motifs is 1. The number of benzene rings is 1. The lowest BCUT2D eigenvalue weighted by Crippen LogP contribution is -2.48. The molecule has 2 N–H and O–H groups in total. The van der Waals surface area contributed by atoms with Gasteiger partial charge in [-0.25, -0.2) is 0 Å². The lowest BCUT2D eigenvalue weighted by molar-refractivity contribution is -0.152. The zero-order valence-corrected chi connectivity index (χ0v) is 24.5. The summed E-state index contributed by atoms with van der Waals surface area (Å²) in [5.74, 6) is -1.07. The average molecular weight is 596 g/mol. The number of aromatic nitrogens is 2. The van der Waals surface area contributed by atoms with Crippen molar-refractivity contribution in [3.8, 4) is 0 Å². The van der Waals surface area contributed by atoms with Crippen LogP contribution in [-0.4, -0.2) is 49.4 Å². The van der Waals surface area contributed by atoms with E-state index in [-0.39, 0.29) is 43.7 Å². The molecule has 7 nitrogen and oxygen atoms in total. The zero-order valence-electron chi connectivity index (χ0n) is 23.7. The molecule has 5 rings (SSSR count). The van der Waals surface area contributed by atoms with Crippen molar-refractivity contribution in [2.45, 2.75) is 90.1 Å². The predicted molar refractivity (Wildman–Crippen MR) is 146 cm³/mol. The second-order valence-corrected chi connectivity index (χ2v) is 13.7. The standard InChI is InChI=1S/C30H37ClF3N3O4/c1-27(2)21-13-18(14-22(21)27)36(16-29(4,41)20-7-5-6-8-23(20)31)25(38)19-15-35-37(24(19)30(32,33)34)17-9-11-28(3,12-10-17)26(39)40/h5-8,15,17-18,21-22,41H,9-14,16H2,1-4H3,(H,39,40)/t17?,18?,21-,22+,28?,29-/m1/s1. The van der Waals surface area contributed by atoms with Crippen molar-refractivity contribution in [3.05, 3.63) is 52.3 Å². The number of aliphatic carboxylic acids is 1. The molecule has 1 unspecified atom stereocenters. The molecule has 0 radical (unpaired) electrons. The average Bonchev–Trinajstić information content (AvgIpc) is 3.31. The van der Waals surface area contributed by atoms with Gasteiger partial charge in [-0.15, -0.1) is 0 Å². The molecule has 3 fully saturated rings. The Hall–Kier alpha value is -2.59. The van der Waals surface area contributed by atoms with E-state index >= 15 is 0 Å². The Labute approximate surface area is 242 Å². The van der Waals surface area contributed by atoms with Crippen molar-refractivity contribution in [2.24, 2.45) is 22.7 Å². The number of hydrogen-bond donors (Lipinski definition) is 2. The number of nitrogens with zero attached hydrogens (tertiary/aromatic N) is 3. The minimum atomic E-state index is -4.87. The van der Waals surface area contributed by atoms with Gasteiger partial charge in [-0.05, 0) is 75.7 Å². The number of amides is 1. The fourth-order valence-corrected chi connectivity index (χ4v) is 7.68. The number of rotatable bonds is 7. The summed E-state index contributed by atoms with van der Waals surface area (Å²) < 4.78 is 44.7. The molecular weight excluding hydrogens is 559 g/mol. The van der Waals surface area contributed by atoms with Crippen LogP contribution >= 0.6 is 11.6 Å². The van der Waals surface area contributed by atoms with E-state index in [2.05, 4.69) is 18.9 Å². The van der Waals surface area contributed by atoms with Gasteiger partial charge in [0.15, 0.2) is 5.69 Å². The maximum atomic E-state index is 14.6. The first-order valence-corrected chi connectivity index (χ1v) is 14.5. The van der Waals surface area contributed by atoms with Crippen molar-refractivity contribution >= 4 is 23.5 Å². The van der Waals surface area contributed by atoms with Gasteiger partial charge < -0.3 is 15.1 Å². The van der Waals surface area contributed by atoms with Gasteiger partial charge in [-0.1, -0.05) is 43.6 Å². The van der Waals surface area contributed by atoms with Crippen molar-refractivity contribution in [1.29, 1.82) is 0 Å². The Morgan fingerprint density at radius 2 is 1.71 bits per heavy atom. The van der Waals surface area contributed by atoms with Gasteiger partial charge in [0.1, 0.15) is 5.60 Å². The third-order valence-electron chi connectivity index (χ3n) is 10.2. The van der Waals surface area contributed by atoms with Crippen LogP contribution in [0.4, 0.5) is 13.2 Å². The van der Waals surface area contributed by atoms with Crippen molar-refractivity contribution in [2.75, 3.05) is 6.54 Å². The molecule has 1 heterocycles. The van der Waals surface area contributed by atoms with Crippen LogP contribution in [0.5, 0.6) is 0 Å². The molecule has 2 aromatic rings. The monoisotopic (exact) mass is 595 g/mol. The maximum absolute atomic E-state index is 14.6. The van der Waals surface area contributed by atoms with Crippen LogP contribution in [0.25, 0.3) is 0 Å². The highest BCUT2D eigenvalue weighted by atomic mass is 35.5. The SMILES string of the molecule is CC1(C(=O)O)CCC(n2ncc(C(=O)N(C[C@@](C)(O)c3ccccc3Cl)C3C[C@@H]4[C@H](C3)C4(C)C)c2C(F)(F)F)CC1. The van der Waals surface area contributed by atoms with Crippen LogP contribution in [0.2, 0.25) is 5.02 Å². The molecule has 0 bridgehead atoms. The van der Waals surface area contributed by atoms with Crippen molar-refractivity contribution in [3.63, 3.8) is 0 Å². The van der Waals surface area contributed by atoms with Crippen LogP contribution in [0.1, 0.15) is 93.9 Å². The Balaban J connectivity index is 1.49. The molecule has 3 aliphatic rings. The van der Waals surface area contributed by atoms with Gasteiger partial charge in [0, 0.05) is 16.6 Å². The molecule has 11 heteroatoms. The van der Waals surface area contributed by atoms with E-state index < -0.39 is 46.4 Å². The largest absolute Gasteiger partial charge is 0.481 e. The summed E-state index contributed by atoms with van der Waals surface area (Å²) in [6, 6.07) is 5.67. The minimum absolute atomic E-state index is 0.129. The van der Waals surface area contributed by atoms with Gasteiger partial charge in [0.05, 0.1) is 29.8 Å². The van der Waals surface area contributed by atoms with Crippen LogP contribution in [0.15, 0.2) is 30.5 Å². The number of carboxylic acid groups (broad SMARTS) is 1. The highest BCUT2D eigenvalue weighted by Crippen LogP contribution is 2.67. The maximum Gasteiger partial charge on any atom is 0.433 e. The van der Waals surface area contributed by atoms with Crippen LogP contribution < -0.4 is 0 Å². The summed E-state index contributed by atoms with van der Waals surface area (Å²) >= 11 is 6.37. The molecule has 3 aliphatic carbocycles. The second kappa shape index (κ2) is 10.0. The molecule has 1 amide bonds. The summed E-state index contributed by atoms with van der Waals surface area (Å²) in [7, 11) is 0. The fraction of sp³-hybridized carbons (Fsp3) is 0.633. The molecule has 0 spiro atoms. The summed E-state index contributed by atoms with van der Waals surface area (Å²) in [5.41, 5.74) is -3.78. The number of carbonyl (C=O) groups excluding carboxylic acids is 1. The van der Waals surface area contributed by atoms with Crippen molar-refractivity contribution in [1.82, 2.24) is 14.7 Å². The quantitative estimate of drug-likeness (QED) is 0.379. The van der Waals surface area contributed by atoms with Gasteiger partial charge in [-0.2, -0.15) is 18.3 Å². The van der Waals surface area contributed by atoms with E-state index in [0.29, 0.717) is 35.3 Å². The molecule has 3 saturated carbocycles. The lowest BCUT2D eigenvalue weighted by Gasteiger charge is -2.38. The predicted octanol–water partition coefficient (Wildman–Crippen LogP) is 6.55. The van der Waals surface area contributed by atoms with E-state index in [4.69, 9.17) is 11.6 Å². The highest BCUT2D eigenvalue weighted by Gasteiger charge is 2.63. The number of carbonyl (C=O) groups is 2. The number of carboxylic acids is 1. The number of aliphatic hydroxyl groups is 1. The lowest BCUT2D eigenvalue weighted by atomic mass is 9.74. The molecule has 1 aromatic carbocycles. The number of alkyl halides is 3. The van der Waals surface area contributed by atoms with Crippen LogP contribution in [0, 0.1) is 22.7 Å². The number of halogens is 4. The van der Waals surface area contributed by atoms with Gasteiger partial charge in [0.25, 0.3) is 5.91 Å². The Morgan fingerprint density at radius 1 is 1.12 bits per heavy atom. The van der Waals surface area contributed by atoms with E-state index in [0.717, 1.165) is 10.9 Å². The summed E-state index contributed by atoms with van der Waals surface area (Å²) in [6.45, 7) is 7.21. The highest BCUT2D eigenvalue weighted by molar-refractivity contribution is 6.31. The third-order valence-corrected chi connectivity index (χ3v) is 10.5. The van der Waals surface area contributed by atoms with E-state index in [1.54, 1.807) is 31.2 Å². The fourth-order valence-electron chi connectivity index (χ4n) is 7.34. The molecule has 0 aliphatic heterocycles. The molecule has 0 saturated heterocycles. The topological polar surface area (TPSA) is 95.7 Å². The smallest absolute Gasteiger partial charge is 0.433 e. The second-order valence-electron chi connectivity index (χ2n) is 13.3. The van der Waals surface area contributed by atoms with Crippen LogP contribution in [0.3, 0.4) is 0 Å². The Kier molecular flexibility index (Phi) is 7.29. The summed E-state index contributed by atoms with van der Waals surface area (Å²) in [5, 5.41) is 25.4. The summed E-state index contributed by atoms with van der Waals surface area (Å²) in [6.07, 6.45) is -1.78. The van der Waals surface area contributed by atoms with Gasteiger partial charge in [0.2, 0.25) is 0 Å². The first-order valence-electron chi connectivity index (χ1n) is 14.1. The number of hydrogen-bond acceptors (Lipinski definition) is 4. The minimum Gasteiger partial charge on any atom is -0.481 e. The Bertz CT molecular complexity index is 1330. The van der Waals surface area contributed by atoms with Crippen LogP contribution in [-0.2, 0) is 16.6 Å². The normalized spacial score (nSPS) is 30.4. The molecule has 1 aromatic heterocycles. The third kappa shape index (κ3) is 5.26. The van der Waals surface area contributed by atoms with Gasteiger partial charge >= 0.3 is 12.1 Å². The van der Waals surface area contributed by atoms with E-state index in [1.807, 2.05) is 0 Å². The summed E-state index contributed by atoms with van der Waals surface area (Å²) in [4.78, 5) is 27.2. The first kappa shape index (κ1) is 29.9. The molecular formula is C30H37ClF3N3O4. The molecule has 4 atom stereocenters. The molecule has 224 valence electrons. The first-order chi connectivity index (χ1) is 19.0. The van der Waals surface area contributed by atoms with E-state index in [9.17, 15) is 33.0 Å². The molecule has 41 heavy (non-hydrogen) atoms. The van der Waals surface area contributed by atoms with Crippen molar-refractivity contribution < 1.29 is 33.0 Å². The van der Waals surface area contributed by atoms with Gasteiger partial charge in [-0.3, -0.25) is 14.3 Å². The Morgan fingerprint density at radius 3 is 2.24 bits per heavy atom.